The van der Waals surface area contributed by atoms with Gasteiger partial charge in [0.25, 0.3) is 5.89 Å². The van der Waals surface area contributed by atoms with Gasteiger partial charge in [0.05, 0.1) is 17.4 Å². The number of benzene rings is 1. The average Bonchev–Trinajstić information content (AvgIpc) is 3.22. The predicted molar refractivity (Wildman–Crippen MR) is 92.6 cm³/mol. The van der Waals surface area contributed by atoms with Crippen LogP contribution in [0.1, 0.15) is 17.6 Å². The summed E-state index contributed by atoms with van der Waals surface area (Å²) >= 11 is 6.06. The van der Waals surface area contributed by atoms with E-state index in [1.54, 1.807) is 4.68 Å². The third-order valence-electron chi connectivity index (χ3n) is 4.40. The second-order valence-corrected chi connectivity index (χ2v) is 6.51. The first-order valence-corrected chi connectivity index (χ1v) is 8.44. The minimum absolute atomic E-state index is 0.0922. The Kier molecular flexibility index (Phi) is 4.24. The van der Waals surface area contributed by atoms with Gasteiger partial charge < -0.3 is 9.84 Å². The first-order chi connectivity index (χ1) is 12.1. The van der Waals surface area contributed by atoms with Gasteiger partial charge in [0.2, 0.25) is 0 Å². The van der Waals surface area contributed by atoms with E-state index in [1.807, 2.05) is 31.2 Å². The van der Waals surface area contributed by atoms with Gasteiger partial charge in [0.1, 0.15) is 0 Å². The van der Waals surface area contributed by atoms with Crippen LogP contribution in [0.3, 0.4) is 0 Å². The van der Waals surface area contributed by atoms with E-state index in [2.05, 4.69) is 37.7 Å². The number of rotatable bonds is 3. The predicted octanol–water partition coefficient (Wildman–Crippen LogP) is 1.86. The topological polar surface area (TPSA) is 84.9 Å². The fourth-order valence-corrected chi connectivity index (χ4v) is 3.13. The number of hydrogen-bond donors (Lipinski definition) is 1. The Hall–Kier alpha value is -2.29. The highest BCUT2D eigenvalue weighted by Gasteiger charge is 2.27. The maximum atomic E-state index is 6.06. The van der Waals surface area contributed by atoms with Crippen molar-refractivity contribution in [2.75, 3.05) is 26.7 Å². The molecule has 0 aliphatic carbocycles. The molecule has 130 valence electrons. The molecular formula is C16H18ClN7O. The molecule has 1 aliphatic rings. The Morgan fingerprint density at radius 1 is 1.36 bits per heavy atom. The van der Waals surface area contributed by atoms with E-state index in [4.69, 9.17) is 16.1 Å². The Morgan fingerprint density at radius 2 is 2.24 bits per heavy atom. The molecule has 9 heteroatoms. The van der Waals surface area contributed by atoms with Crippen molar-refractivity contribution >= 4 is 11.6 Å². The quantitative estimate of drug-likeness (QED) is 0.763. The van der Waals surface area contributed by atoms with Crippen LogP contribution >= 0.6 is 11.6 Å². The minimum Gasteiger partial charge on any atom is -0.332 e. The second kappa shape index (κ2) is 6.55. The summed E-state index contributed by atoms with van der Waals surface area (Å²) in [6.07, 6.45) is 0. The molecule has 8 nitrogen and oxygen atoms in total. The highest BCUT2D eigenvalue weighted by molar-refractivity contribution is 6.30. The summed E-state index contributed by atoms with van der Waals surface area (Å²) in [4.78, 5) is 6.75. The molecule has 0 radical (unpaired) electrons. The largest absolute Gasteiger partial charge is 0.332 e. The summed E-state index contributed by atoms with van der Waals surface area (Å²) in [6, 6.07) is 7.52. The molecule has 1 aromatic carbocycles. The molecule has 0 amide bonds. The van der Waals surface area contributed by atoms with Crippen LogP contribution in [0.25, 0.3) is 17.3 Å². The van der Waals surface area contributed by atoms with Gasteiger partial charge in [-0.25, -0.2) is 4.68 Å². The van der Waals surface area contributed by atoms with Crippen LogP contribution in [0.2, 0.25) is 5.02 Å². The molecule has 1 fully saturated rings. The van der Waals surface area contributed by atoms with Gasteiger partial charge in [-0.15, -0.1) is 5.10 Å². The lowest BCUT2D eigenvalue weighted by molar-refractivity contribution is 0.190. The van der Waals surface area contributed by atoms with E-state index in [0.29, 0.717) is 22.4 Å². The fraction of sp³-hybridized carbons (Fsp3) is 0.375. The highest BCUT2D eigenvalue weighted by Crippen LogP contribution is 2.25. The van der Waals surface area contributed by atoms with E-state index < -0.39 is 0 Å². The summed E-state index contributed by atoms with van der Waals surface area (Å²) in [7, 11) is 2.06. The number of halogens is 1. The first kappa shape index (κ1) is 16.2. The molecular weight excluding hydrogens is 342 g/mol. The molecule has 3 heterocycles. The van der Waals surface area contributed by atoms with E-state index in [0.717, 1.165) is 31.0 Å². The SMILES string of the molecule is Cc1c(-c2nc(C3CNCCN3C)no2)nnn1-c1cccc(Cl)c1. The van der Waals surface area contributed by atoms with Crippen molar-refractivity contribution in [2.24, 2.45) is 0 Å². The van der Waals surface area contributed by atoms with Crippen molar-refractivity contribution in [1.82, 2.24) is 35.4 Å². The van der Waals surface area contributed by atoms with E-state index in [9.17, 15) is 0 Å². The Morgan fingerprint density at radius 3 is 3.04 bits per heavy atom. The number of hydrogen-bond acceptors (Lipinski definition) is 7. The lowest BCUT2D eigenvalue weighted by atomic mass is 10.2. The van der Waals surface area contributed by atoms with Crippen molar-refractivity contribution < 1.29 is 4.52 Å². The molecule has 1 aliphatic heterocycles. The van der Waals surface area contributed by atoms with Gasteiger partial charge in [-0.05, 0) is 32.2 Å². The lowest BCUT2D eigenvalue weighted by Crippen LogP contribution is -2.44. The minimum atomic E-state index is 0.0922. The first-order valence-electron chi connectivity index (χ1n) is 8.06. The number of likely N-dealkylation sites (N-methyl/N-ethyl adjacent to an activating group) is 1. The second-order valence-electron chi connectivity index (χ2n) is 6.07. The molecule has 2 aromatic heterocycles. The summed E-state index contributed by atoms with van der Waals surface area (Å²) in [6.45, 7) is 4.61. The van der Waals surface area contributed by atoms with E-state index >= 15 is 0 Å². The Bertz CT molecular complexity index is 890. The van der Waals surface area contributed by atoms with Crippen molar-refractivity contribution in [1.29, 1.82) is 0 Å². The van der Waals surface area contributed by atoms with Crippen LogP contribution in [0.15, 0.2) is 28.8 Å². The van der Waals surface area contributed by atoms with Gasteiger partial charge in [-0.3, -0.25) is 4.90 Å². The molecule has 1 atom stereocenters. The zero-order valence-electron chi connectivity index (χ0n) is 14.0. The van der Waals surface area contributed by atoms with Crippen LogP contribution < -0.4 is 5.32 Å². The monoisotopic (exact) mass is 359 g/mol. The summed E-state index contributed by atoms with van der Waals surface area (Å²) < 4.78 is 7.16. The van der Waals surface area contributed by atoms with Crippen LogP contribution in [-0.4, -0.2) is 56.7 Å². The maximum Gasteiger partial charge on any atom is 0.280 e. The highest BCUT2D eigenvalue weighted by atomic mass is 35.5. The molecule has 0 saturated carbocycles. The van der Waals surface area contributed by atoms with Gasteiger partial charge in [-0.1, -0.05) is 28.0 Å². The summed E-state index contributed by atoms with van der Waals surface area (Å²) in [5.74, 6) is 1.03. The summed E-state index contributed by atoms with van der Waals surface area (Å²) in [5, 5.41) is 16.5. The van der Waals surface area contributed by atoms with Crippen LogP contribution in [0, 0.1) is 6.92 Å². The molecule has 4 rings (SSSR count). The molecule has 0 bridgehead atoms. The molecule has 1 N–H and O–H groups in total. The Balaban J connectivity index is 1.65. The normalized spacial score (nSPS) is 18.6. The number of nitrogens with one attached hydrogen (secondary N) is 1. The molecule has 0 spiro atoms. The zero-order valence-corrected chi connectivity index (χ0v) is 14.7. The fourth-order valence-electron chi connectivity index (χ4n) is 2.94. The average molecular weight is 360 g/mol. The van der Waals surface area contributed by atoms with Gasteiger partial charge >= 0.3 is 0 Å². The summed E-state index contributed by atoms with van der Waals surface area (Å²) in [5.41, 5.74) is 2.22. The number of nitrogens with zero attached hydrogens (tertiary/aromatic N) is 6. The number of aromatic nitrogens is 5. The molecule has 1 unspecified atom stereocenters. The third-order valence-corrected chi connectivity index (χ3v) is 4.64. The molecule has 1 saturated heterocycles. The van der Waals surface area contributed by atoms with Crippen LogP contribution in [-0.2, 0) is 0 Å². The van der Waals surface area contributed by atoms with Crippen molar-refractivity contribution in [3.63, 3.8) is 0 Å². The number of piperazine rings is 1. The van der Waals surface area contributed by atoms with Crippen molar-refractivity contribution in [3.05, 3.63) is 40.8 Å². The van der Waals surface area contributed by atoms with Crippen molar-refractivity contribution in [2.45, 2.75) is 13.0 Å². The molecule has 25 heavy (non-hydrogen) atoms. The smallest absolute Gasteiger partial charge is 0.280 e. The van der Waals surface area contributed by atoms with E-state index in [-0.39, 0.29) is 6.04 Å². The Labute approximate surface area is 149 Å². The van der Waals surface area contributed by atoms with Crippen molar-refractivity contribution in [3.8, 4) is 17.3 Å². The van der Waals surface area contributed by atoms with Gasteiger partial charge in [0.15, 0.2) is 11.5 Å². The molecule has 3 aromatic rings. The van der Waals surface area contributed by atoms with Crippen LogP contribution in [0.4, 0.5) is 0 Å². The zero-order chi connectivity index (χ0) is 17.4. The maximum absolute atomic E-state index is 6.06. The van der Waals surface area contributed by atoms with E-state index in [1.165, 1.54) is 0 Å². The van der Waals surface area contributed by atoms with Gasteiger partial charge in [0, 0.05) is 24.7 Å². The van der Waals surface area contributed by atoms with Crippen LogP contribution in [0.5, 0.6) is 0 Å². The third kappa shape index (κ3) is 3.04. The lowest BCUT2D eigenvalue weighted by Gasteiger charge is -2.30. The standard InChI is InChI=1S/C16H18ClN7O/c1-10-14(20-22-24(10)12-5-3-4-11(17)8-12)16-19-15(21-25-16)13-9-18-6-7-23(13)2/h3-5,8,13,18H,6-7,9H2,1-2H3. The van der Waals surface area contributed by atoms with Gasteiger partial charge in [-0.2, -0.15) is 4.98 Å².